The largest absolute Gasteiger partial charge is 0.508 e. The standard InChI is InChI=1S/C22H24N2O6S/c1-4-24(18-10-6-5-7-11-18)31(28,29)19-12-8-9-17(13-19)22(27)30-14-20(26)21(15(2)23)16(3)25/h5-13,23,26H,4,14H2,1-3H3/b21-20-,23-15?. The molecule has 0 aliphatic heterocycles. The molecule has 0 unspecified atom stereocenters. The van der Waals surface area contributed by atoms with Crippen molar-refractivity contribution in [1.82, 2.24) is 0 Å². The first-order valence-electron chi connectivity index (χ1n) is 9.43. The maximum absolute atomic E-state index is 13.1. The van der Waals surface area contributed by atoms with E-state index in [0.29, 0.717) is 5.69 Å². The van der Waals surface area contributed by atoms with Crippen LogP contribution in [0.15, 0.2) is 70.8 Å². The number of carbonyl (C=O) groups is 2. The predicted molar refractivity (Wildman–Crippen MR) is 117 cm³/mol. The molecule has 0 fully saturated rings. The van der Waals surface area contributed by atoms with Crippen LogP contribution in [-0.2, 0) is 19.6 Å². The number of nitrogens with zero attached hydrogens (tertiary/aromatic N) is 1. The molecule has 0 aliphatic rings. The van der Waals surface area contributed by atoms with Crippen LogP contribution in [0.4, 0.5) is 5.69 Å². The number of ether oxygens (including phenoxy) is 1. The van der Waals surface area contributed by atoms with Gasteiger partial charge in [-0.05, 0) is 51.1 Å². The van der Waals surface area contributed by atoms with Gasteiger partial charge in [-0.15, -0.1) is 0 Å². The summed E-state index contributed by atoms with van der Waals surface area (Å²) in [5.41, 5.74) is 0.0704. The molecule has 31 heavy (non-hydrogen) atoms. The number of rotatable bonds is 9. The van der Waals surface area contributed by atoms with E-state index in [1.807, 2.05) is 0 Å². The Balaban J connectivity index is 2.28. The maximum Gasteiger partial charge on any atom is 0.338 e. The van der Waals surface area contributed by atoms with Crippen LogP contribution >= 0.6 is 0 Å². The maximum atomic E-state index is 13.1. The molecule has 0 spiro atoms. The van der Waals surface area contributed by atoms with Crippen molar-refractivity contribution in [2.75, 3.05) is 17.5 Å². The number of benzene rings is 2. The average molecular weight is 445 g/mol. The molecule has 0 bridgehead atoms. The van der Waals surface area contributed by atoms with Gasteiger partial charge in [0.1, 0.15) is 12.4 Å². The highest BCUT2D eigenvalue weighted by Gasteiger charge is 2.25. The summed E-state index contributed by atoms with van der Waals surface area (Å²) >= 11 is 0. The Labute approximate surface area is 181 Å². The summed E-state index contributed by atoms with van der Waals surface area (Å²) in [6.45, 7) is 3.79. The second kappa shape index (κ2) is 10.0. The summed E-state index contributed by atoms with van der Waals surface area (Å²) < 4.78 is 32.4. The fourth-order valence-electron chi connectivity index (χ4n) is 2.97. The molecule has 0 radical (unpaired) electrons. The number of carbonyl (C=O) groups excluding carboxylic acids is 2. The average Bonchev–Trinajstić information content (AvgIpc) is 2.72. The third-order valence-electron chi connectivity index (χ3n) is 4.34. The van der Waals surface area contributed by atoms with E-state index < -0.39 is 34.1 Å². The van der Waals surface area contributed by atoms with Gasteiger partial charge in [0.25, 0.3) is 10.0 Å². The van der Waals surface area contributed by atoms with E-state index >= 15 is 0 Å². The zero-order valence-electron chi connectivity index (χ0n) is 17.5. The number of nitrogens with one attached hydrogen (secondary N) is 1. The fraction of sp³-hybridized carbons (Fsp3) is 0.227. The lowest BCUT2D eigenvalue weighted by Gasteiger charge is -2.23. The molecule has 2 aromatic carbocycles. The van der Waals surface area contributed by atoms with E-state index in [0.717, 1.165) is 0 Å². The minimum absolute atomic E-state index is 0.0334. The summed E-state index contributed by atoms with van der Waals surface area (Å²) in [7, 11) is -3.93. The van der Waals surface area contributed by atoms with Crippen LogP contribution < -0.4 is 4.31 Å². The smallest absolute Gasteiger partial charge is 0.338 e. The number of aliphatic hydroxyl groups excluding tert-OH is 1. The second-order valence-electron chi connectivity index (χ2n) is 6.61. The zero-order chi connectivity index (χ0) is 23.2. The lowest BCUT2D eigenvalue weighted by atomic mass is 10.1. The van der Waals surface area contributed by atoms with Gasteiger partial charge in [-0.25, -0.2) is 13.2 Å². The number of hydrogen-bond acceptors (Lipinski definition) is 7. The summed E-state index contributed by atoms with van der Waals surface area (Å²) in [5, 5.41) is 17.5. The number of hydrogen-bond donors (Lipinski definition) is 2. The van der Waals surface area contributed by atoms with E-state index in [2.05, 4.69) is 0 Å². The molecule has 0 saturated carbocycles. The van der Waals surface area contributed by atoms with Gasteiger partial charge in [0.05, 0.1) is 21.7 Å². The van der Waals surface area contributed by atoms with Crippen LogP contribution in [0.25, 0.3) is 0 Å². The molecule has 0 aromatic heterocycles. The Kier molecular flexibility index (Phi) is 7.71. The quantitative estimate of drug-likeness (QED) is 0.264. The minimum atomic E-state index is -3.93. The number of aliphatic hydroxyl groups is 1. The van der Waals surface area contributed by atoms with Crippen molar-refractivity contribution in [3.05, 3.63) is 71.5 Å². The Morgan fingerprint density at radius 3 is 2.26 bits per heavy atom. The molecule has 164 valence electrons. The fourth-order valence-corrected chi connectivity index (χ4v) is 4.49. The number of sulfonamides is 1. The lowest BCUT2D eigenvalue weighted by molar-refractivity contribution is -0.113. The summed E-state index contributed by atoms with van der Waals surface area (Å²) in [5.74, 6) is -1.95. The molecular formula is C22H24N2O6S. The van der Waals surface area contributed by atoms with Gasteiger partial charge in [0.2, 0.25) is 0 Å². The van der Waals surface area contributed by atoms with Crippen LogP contribution in [0.1, 0.15) is 31.1 Å². The highest BCUT2D eigenvalue weighted by molar-refractivity contribution is 7.92. The molecule has 2 rings (SSSR count). The third-order valence-corrected chi connectivity index (χ3v) is 6.24. The van der Waals surface area contributed by atoms with Crippen molar-refractivity contribution >= 4 is 33.2 Å². The van der Waals surface area contributed by atoms with Crippen LogP contribution in [0, 0.1) is 5.41 Å². The van der Waals surface area contributed by atoms with E-state index in [4.69, 9.17) is 10.1 Å². The SMILES string of the molecule is CCN(c1ccccc1)S(=O)(=O)c1cccc(C(=O)OC/C(O)=C(\C(C)=N)C(C)=O)c1. The molecule has 0 heterocycles. The number of allylic oxidation sites excluding steroid dienone is 1. The van der Waals surface area contributed by atoms with Crippen molar-refractivity contribution in [1.29, 1.82) is 5.41 Å². The van der Waals surface area contributed by atoms with Gasteiger partial charge in [-0.1, -0.05) is 24.3 Å². The molecule has 0 saturated heterocycles. The summed E-state index contributed by atoms with van der Waals surface area (Å²) in [4.78, 5) is 23.8. The highest BCUT2D eigenvalue weighted by Crippen LogP contribution is 2.24. The lowest BCUT2D eigenvalue weighted by Crippen LogP contribution is -2.30. The van der Waals surface area contributed by atoms with Crippen molar-refractivity contribution in [3.63, 3.8) is 0 Å². The van der Waals surface area contributed by atoms with Crippen molar-refractivity contribution in [2.45, 2.75) is 25.7 Å². The number of para-hydroxylation sites is 1. The summed E-state index contributed by atoms with van der Waals surface area (Å²) in [6, 6.07) is 14.0. The van der Waals surface area contributed by atoms with Crippen molar-refractivity contribution in [2.24, 2.45) is 0 Å². The molecule has 2 aromatic rings. The first-order chi connectivity index (χ1) is 14.6. The minimum Gasteiger partial charge on any atom is -0.508 e. The van der Waals surface area contributed by atoms with Gasteiger partial charge in [0.15, 0.2) is 5.78 Å². The first kappa shape index (κ1) is 23.8. The molecule has 9 heteroatoms. The number of anilines is 1. The topological polar surface area (TPSA) is 125 Å². The Morgan fingerprint density at radius 1 is 1.06 bits per heavy atom. The van der Waals surface area contributed by atoms with Gasteiger partial charge >= 0.3 is 5.97 Å². The van der Waals surface area contributed by atoms with Crippen molar-refractivity contribution in [3.8, 4) is 0 Å². The van der Waals surface area contributed by atoms with Crippen LogP contribution in [0.5, 0.6) is 0 Å². The van der Waals surface area contributed by atoms with Gasteiger partial charge in [-0.2, -0.15) is 0 Å². The number of esters is 1. The second-order valence-corrected chi connectivity index (χ2v) is 8.47. The van der Waals surface area contributed by atoms with Crippen LogP contribution in [-0.4, -0.2) is 44.1 Å². The number of Topliss-reactive ketones (excluding diaryl/α,β-unsaturated/α-hetero) is 1. The van der Waals surface area contributed by atoms with E-state index in [-0.39, 0.29) is 28.3 Å². The van der Waals surface area contributed by atoms with E-state index in [1.54, 1.807) is 37.3 Å². The van der Waals surface area contributed by atoms with Crippen molar-refractivity contribution < 1.29 is 27.9 Å². The molecule has 8 nitrogen and oxygen atoms in total. The van der Waals surface area contributed by atoms with Gasteiger partial charge < -0.3 is 15.3 Å². The third kappa shape index (κ3) is 5.58. The van der Waals surface area contributed by atoms with E-state index in [1.165, 1.54) is 42.4 Å². The first-order valence-corrected chi connectivity index (χ1v) is 10.9. The summed E-state index contributed by atoms with van der Waals surface area (Å²) in [6.07, 6.45) is 0. The van der Waals surface area contributed by atoms with Crippen LogP contribution in [0.2, 0.25) is 0 Å². The molecular weight excluding hydrogens is 420 g/mol. The predicted octanol–water partition coefficient (Wildman–Crippen LogP) is 3.50. The normalized spacial score (nSPS) is 12.0. The van der Waals surface area contributed by atoms with Gasteiger partial charge in [-0.3, -0.25) is 9.10 Å². The molecule has 0 amide bonds. The molecule has 2 N–H and O–H groups in total. The monoisotopic (exact) mass is 444 g/mol. The Hall–Kier alpha value is -3.46. The van der Waals surface area contributed by atoms with Gasteiger partial charge in [0, 0.05) is 12.3 Å². The van der Waals surface area contributed by atoms with E-state index in [9.17, 15) is 23.1 Å². The Bertz CT molecular complexity index is 1110. The Morgan fingerprint density at radius 2 is 1.71 bits per heavy atom. The molecule has 0 atom stereocenters. The van der Waals surface area contributed by atoms with Crippen LogP contribution in [0.3, 0.4) is 0 Å². The highest BCUT2D eigenvalue weighted by atomic mass is 32.2. The molecule has 0 aliphatic carbocycles. The zero-order valence-corrected chi connectivity index (χ0v) is 18.3. The number of ketones is 1.